The molecule has 0 unspecified atom stereocenters. The number of ether oxygens (including phenoxy) is 1. The van der Waals surface area contributed by atoms with Crippen LogP contribution in [0.3, 0.4) is 0 Å². The highest BCUT2D eigenvalue weighted by molar-refractivity contribution is 6.08. The van der Waals surface area contributed by atoms with Gasteiger partial charge >= 0.3 is 0 Å². The van der Waals surface area contributed by atoms with Crippen molar-refractivity contribution < 1.29 is 14.3 Å². The van der Waals surface area contributed by atoms with E-state index in [-0.39, 0.29) is 35.8 Å². The second kappa shape index (κ2) is 7.73. The second-order valence-electron chi connectivity index (χ2n) is 8.36. The number of hydrogen-bond acceptors (Lipinski definition) is 3. The van der Waals surface area contributed by atoms with Gasteiger partial charge in [-0.15, -0.1) is 0 Å². The van der Waals surface area contributed by atoms with Crippen molar-refractivity contribution in [2.24, 2.45) is 11.8 Å². The van der Waals surface area contributed by atoms with Crippen LogP contribution in [0.2, 0.25) is 0 Å². The molecule has 0 aliphatic carbocycles. The number of carbonyl (C=O) groups is 2. The molecule has 2 aromatic carbocycles. The van der Waals surface area contributed by atoms with E-state index in [0.717, 1.165) is 22.9 Å². The summed E-state index contributed by atoms with van der Waals surface area (Å²) in [5, 5.41) is 0.945. The van der Waals surface area contributed by atoms with Crippen molar-refractivity contribution in [2.75, 3.05) is 6.61 Å². The predicted octanol–water partition coefficient (Wildman–Crippen LogP) is 4.71. The Balaban J connectivity index is 1.38. The highest BCUT2D eigenvalue weighted by Gasteiger charge is 2.49. The first-order chi connectivity index (χ1) is 14.7. The molecule has 1 amide bonds. The number of hydrogen-bond donors (Lipinski definition) is 1. The fourth-order valence-corrected chi connectivity index (χ4v) is 5.23. The lowest BCUT2D eigenvalue weighted by Crippen LogP contribution is -2.50. The van der Waals surface area contributed by atoms with Crippen LogP contribution < -0.4 is 0 Å². The van der Waals surface area contributed by atoms with Crippen LogP contribution in [0.25, 0.3) is 10.9 Å². The maximum absolute atomic E-state index is 13.1. The van der Waals surface area contributed by atoms with Gasteiger partial charge in [-0.1, -0.05) is 55.5 Å². The van der Waals surface area contributed by atoms with E-state index in [4.69, 9.17) is 4.74 Å². The number of nitrogens with one attached hydrogen (secondary N) is 1. The summed E-state index contributed by atoms with van der Waals surface area (Å²) in [4.78, 5) is 31.4. The van der Waals surface area contributed by atoms with Crippen LogP contribution in [-0.2, 0) is 9.53 Å². The lowest BCUT2D eigenvalue weighted by Gasteiger charge is -2.42. The molecular weight excluding hydrogens is 376 g/mol. The molecular formula is C25H26N2O3. The number of aromatic nitrogens is 1. The molecule has 30 heavy (non-hydrogen) atoms. The first kappa shape index (κ1) is 19.1. The minimum absolute atomic E-state index is 0.000523. The molecule has 0 saturated carbocycles. The van der Waals surface area contributed by atoms with Crippen molar-refractivity contribution in [1.82, 2.24) is 9.88 Å². The van der Waals surface area contributed by atoms with Gasteiger partial charge in [0.25, 0.3) is 0 Å². The number of nitrogens with zero attached hydrogens (tertiary/aromatic N) is 1. The lowest BCUT2D eigenvalue weighted by atomic mass is 9.78. The van der Waals surface area contributed by atoms with Gasteiger partial charge in [0, 0.05) is 41.4 Å². The number of amides is 1. The van der Waals surface area contributed by atoms with Crippen LogP contribution in [0.4, 0.5) is 0 Å². The third kappa shape index (κ3) is 3.14. The van der Waals surface area contributed by atoms with Crippen LogP contribution in [0.1, 0.15) is 48.1 Å². The van der Waals surface area contributed by atoms with Gasteiger partial charge < -0.3 is 14.6 Å². The molecule has 3 aromatic rings. The summed E-state index contributed by atoms with van der Waals surface area (Å²) in [6.07, 6.45) is 3.19. The Hall–Kier alpha value is -2.92. The smallest absolute Gasteiger partial charge is 0.225 e. The molecule has 0 bridgehead atoms. The average molecular weight is 402 g/mol. The van der Waals surface area contributed by atoms with Crippen LogP contribution in [0, 0.1) is 11.8 Å². The van der Waals surface area contributed by atoms with E-state index in [1.807, 2.05) is 47.4 Å². The highest BCUT2D eigenvalue weighted by Crippen LogP contribution is 2.44. The molecule has 154 valence electrons. The summed E-state index contributed by atoms with van der Waals surface area (Å²) in [5.41, 5.74) is 2.78. The number of ketones is 1. The summed E-state index contributed by atoms with van der Waals surface area (Å²) in [7, 11) is 0. The lowest BCUT2D eigenvalue weighted by molar-refractivity contribution is -0.152. The molecule has 4 atom stereocenters. The largest absolute Gasteiger partial charge is 0.360 e. The number of piperidine rings is 1. The van der Waals surface area contributed by atoms with Gasteiger partial charge in [0.05, 0.1) is 12.6 Å². The number of para-hydroxylation sites is 1. The maximum atomic E-state index is 13.1. The molecule has 2 fully saturated rings. The fourth-order valence-electron chi connectivity index (χ4n) is 5.23. The summed E-state index contributed by atoms with van der Waals surface area (Å²) in [5.74, 6) is 0.340. The van der Waals surface area contributed by atoms with Crippen LogP contribution in [-0.4, -0.2) is 34.4 Å². The summed E-state index contributed by atoms with van der Waals surface area (Å²) in [6.45, 7) is 2.64. The topological polar surface area (TPSA) is 62.4 Å². The van der Waals surface area contributed by atoms with Gasteiger partial charge in [0.1, 0.15) is 6.23 Å². The normalized spacial score (nSPS) is 26.2. The summed E-state index contributed by atoms with van der Waals surface area (Å²) in [6, 6.07) is 17.9. The van der Waals surface area contributed by atoms with Crippen LogP contribution in [0.15, 0.2) is 60.8 Å². The van der Waals surface area contributed by atoms with E-state index in [1.54, 1.807) is 6.20 Å². The van der Waals surface area contributed by atoms with Crippen molar-refractivity contribution in [1.29, 1.82) is 0 Å². The number of Topliss-reactive ketones (excluding diaryl/α,β-unsaturated/α-hetero) is 1. The molecule has 0 spiro atoms. The molecule has 5 nitrogen and oxygen atoms in total. The second-order valence-corrected chi connectivity index (χ2v) is 8.36. The van der Waals surface area contributed by atoms with Crippen molar-refractivity contribution >= 4 is 22.6 Å². The Labute approximate surface area is 176 Å². The van der Waals surface area contributed by atoms with E-state index in [1.165, 1.54) is 0 Å². The average Bonchev–Trinajstić information content (AvgIpc) is 3.40. The molecule has 0 radical (unpaired) electrons. The first-order valence-electron chi connectivity index (χ1n) is 10.7. The Kier molecular flexibility index (Phi) is 4.91. The number of benzene rings is 2. The molecule has 5 heteroatoms. The zero-order valence-electron chi connectivity index (χ0n) is 17.1. The molecule has 2 saturated heterocycles. The maximum Gasteiger partial charge on any atom is 0.225 e. The number of fused-ring (bicyclic) bond motifs is 2. The monoisotopic (exact) mass is 402 g/mol. The number of aromatic amines is 1. The Morgan fingerprint density at radius 1 is 1.13 bits per heavy atom. The number of carbonyl (C=O) groups excluding carboxylic acids is 2. The first-order valence-corrected chi connectivity index (χ1v) is 10.7. The molecule has 3 heterocycles. The van der Waals surface area contributed by atoms with Gasteiger partial charge in [-0.3, -0.25) is 9.59 Å². The van der Waals surface area contributed by atoms with Gasteiger partial charge in [0.15, 0.2) is 5.78 Å². The number of H-pyrrole nitrogens is 1. The van der Waals surface area contributed by atoms with Crippen molar-refractivity contribution in [3.63, 3.8) is 0 Å². The molecule has 1 N–H and O–H groups in total. The van der Waals surface area contributed by atoms with E-state index in [2.05, 4.69) is 24.0 Å². The molecule has 5 rings (SSSR count). The van der Waals surface area contributed by atoms with Crippen molar-refractivity contribution in [2.45, 2.75) is 38.5 Å². The molecule has 2 aliphatic rings. The van der Waals surface area contributed by atoms with E-state index < -0.39 is 0 Å². The minimum Gasteiger partial charge on any atom is -0.360 e. The van der Waals surface area contributed by atoms with E-state index in [0.29, 0.717) is 25.0 Å². The van der Waals surface area contributed by atoms with Gasteiger partial charge in [-0.25, -0.2) is 0 Å². The molecule has 2 aliphatic heterocycles. The Morgan fingerprint density at radius 2 is 1.90 bits per heavy atom. The van der Waals surface area contributed by atoms with Crippen molar-refractivity contribution in [3.05, 3.63) is 71.9 Å². The number of rotatable bonds is 5. The quantitative estimate of drug-likeness (QED) is 0.629. The SMILES string of the molecule is CC[C@H]1[C@@H](CC(=O)c2c[nH]c3ccccc23)CC(=O)N2[C@@H]1OC[C@H]2c1ccccc1. The summed E-state index contributed by atoms with van der Waals surface area (Å²) >= 11 is 0. The van der Waals surface area contributed by atoms with Crippen LogP contribution >= 0.6 is 0 Å². The minimum atomic E-state index is -0.248. The van der Waals surface area contributed by atoms with Gasteiger partial charge in [-0.2, -0.15) is 0 Å². The standard InChI is InChI=1S/C25H26N2O3/c1-2-18-17(12-23(28)20-14-26-21-11-7-6-10-19(20)21)13-24(29)27-22(15-30-25(18)27)16-8-4-3-5-9-16/h3-11,14,17-18,22,25-26H,2,12-13,15H2,1H3/t17-,18-,22-,25+/m0/s1. The Morgan fingerprint density at radius 3 is 2.70 bits per heavy atom. The molecule has 1 aromatic heterocycles. The highest BCUT2D eigenvalue weighted by atomic mass is 16.5. The predicted molar refractivity (Wildman–Crippen MR) is 115 cm³/mol. The Bertz CT molecular complexity index is 1070. The summed E-state index contributed by atoms with van der Waals surface area (Å²) < 4.78 is 6.16. The fraction of sp³-hybridized carbons (Fsp3) is 0.360. The third-order valence-electron chi connectivity index (χ3n) is 6.72. The zero-order chi connectivity index (χ0) is 20.7. The van der Waals surface area contributed by atoms with E-state index >= 15 is 0 Å². The zero-order valence-corrected chi connectivity index (χ0v) is 17.1. The van der Waals surface area contributed by atoms with Crippen molar-refractivity contribution in [3.8, 4) is 0 Å². The van der Waals surface area contributed by atoms with E-state index in [9.17, 15) is 9.59 Å². The van der Waals surface area contributed by atoms with Crippen LogP contribution in [0.5, 0.6) is 0 Å². The third-order valence-corrected chi connectivity index (χ3v) is 6.72. The van der Waals surface area contributed by atoms with Gasteiger partial charge in [-0.05, 0) is 24.0 Å². The van der Waals surface area contributed by atoms with Gasteiger partial charge in [0.2, 0.25) is 5.91 Å².